The molecule has 0 bridgehead atoms. The van der Waals surface area contributed by atoms with Crippen LogP contribution in [0.25, 0.3) is 0 Å². The van der Waals surface area contributed by atoms with Crippen LogP contribution in [0.15, 0.2) is 0 Å². The minimum Gasteiger partial charge on any atom is -0.381 e. The molecular weight excluding hydrogens is 236 g/mol. The summed E-state index contributed by atoms with van der Waals surface area (Å²) < 4.78 is 5.72. The zero-order valence-corrected chi connectivity index (χ0v) is 12.3. The molecular formula is C16H30N2O. The lowest BCUT2D eigenvalue weighted by Gasteiger charge is -2.46. The lowest BCUT2D eigenvalue weighted by atomic mass is 9.74. The van der Waals surface area contributed by atoms with Crippen molar-refractivity contribution in [1.29, 1.82) is 0 Å². The molecule has 0 aromatic rings. The summed E-state index contributed by atoms with van der Waals surface area (Å²) in [5, 5.41) is 0. The summed E-state index contributed by atoms with van der Waals surface area (Å²) in [4.78, 5) is 2.70. The van der Waals surface area contributed by atoms with Gasteiger partial charge in [-0.25, -0.2) is 0 Å². The van der Waals surface area contributed by atoms with Gasteiger partial charge in [0.1, 0.15) is 0 Å². The van der Waals surface area contributed by atoms with Gasteiger partial charge in [0.2, 0.25) is 0 Å². The van der Waals surface area contributed by atoms with E-state index in [9.17, 15) is 0 Å². The number of likely N-dealkylation sites (tertiary alicyclic amines) is 1. The van der Waals surface area contributed by atoms with Gasteiger partial charge in [0.05, 0.1) is 6.61 Å². The quantitative estimate of drug-likeness (QED) is 0.851. The van der Waals surface area contributed by atoms with Gasteiger partial charge in [-0.1, -0.05) is 19.3 Å². The van der Waals surface area contributed by atoms with Crippen molar-refractivity contribution in [2.75, 3.05) is 39.4 Å². The Bertz CT molecular complexity index is 288. The third-order valence-electron chi connectivity index (χ3n) is 5.77. The van der Waals surface area contributed by atoms with Crippen LogP contribution in [0.5, 0.6) is 0 Å². The zero-order valence-electron chi connectivity index (χ0n) is 12.3. The van der Waals surface area contributed by atoms with E-state index in [1.165, 1.54) is 64.6 Å². The van der Waals surface area contributed by atoms with Gasteiger partial charge in [-0.3, -0.25) is 0 Å². The lowest BCUT2D eigenvalue weighted by Crippen LogP contribution is -2.51. The highest BCUT2D eigenvalue weighted by atomic mass is 16.5. The number of nitrogens with two attached hydrogens (primary N) is 1. The Balaban J connectivity index is 1.57. The van der Waals surface area contributed by atoms with E-state index in [4.69, 9.17) is 10.5 Å². The van der Waals surface area contributed by atoms with Crippen LogP contribution < -0.4 is 5.73 Å². The van der Waals surface area contributed by atoms with E-state index in [-0.39, 0.29) is 5.41 Å². The summed E-state index contributed by atoms with van der Waals surface area (Å²) in [7, 11) is 0. The maximum Gasteiger partial charge on any atom is 0.0546 e. The van der Waals surface area contributed by atoms with E-state index >= 15 is 0 Å². The Morgan fingerprint density at radius 1 is 1.11 bits per heavy atom. The first-order valence-corrected chi connectivity index (χ1v) is 8.31. The van der Waals surface area contributed by atoms with Crippen molar-refractivity contribution in [3.05, 3.63) is 0 Å². The fourth-order valence-corrected chi connectivity index (χ4v) is 4.55. The largest absolute Gasteiger partial charge is 0.381 e. The van der Waals surface area contributed by atoms with Gasteiger partial charge >= 0.3 is 0 Å². The molecule has 3 rings (SSSR count). The number of fused-ring (bicyclic) bond motifs is 1. The Labute approximate surface area is 117 Å². The molecule has 2 aliphatic heterocycles. The molecule has 2 N–H and O–H groups in total. The van der Waals surface area contributed by atoms with Crippen LogP contribution in [0.2, 0.25) is 0 Å². The maximum atomic E-state index is 6.08. The van der Waals surface area contributed by atoms with Crippen molar-refractivity contribution < 1.29 is 4.74 Å². The van der Waals surface area contributed by atoms with Crippen LogP contribution in [0.4, 0.5) is 0 Å². The summed E-state index contributed by atoms with van der Waals surface area (Å²) in [6.07, 6.45) is 9.76. The molecule has 0 radical (unpaired) electrons. The first kappa shape index (κ1) is 13.8. The van der Waals surface area contributed by atoms with E-state index in [1.807, 2.05) is 0 Å². The van der Waals surface area contributed by atoms with Crippen LogP contribution in [0, 0.1) is 17.3 Å². The summed E-state index contributed by atoms with van der Waals surface area (Å²) in [6.45, 7) is 6.40. The Kier molecular flexibility index (Phi) is 4.45. The number of hydrogen-bond donors (Lipinski definition) is 1. The van der Waals surface area contributed by atoms with Gasteiger partial charge < -0.3 is 15.4 Å². The number of nitrogens with zero attached hydrogens (tertiary/aromatic N) is 1. The second-order valence-electron chi connectivity index (χ2n) is 7.19. The topological polar surface area (TPSA) is 38.5 Å². The van der Waals surface area contributed by atoms with Gasteiger partial charge in [-0.05, 0) is 44.1 Å². The van der Waals surface area contributed by atoms with Crippen LogP contribution in [0.3, 0.4) is 0 Å². The average molecular weight is 266 g/mol. The predicted molar refractivity (Wildman–Crippen MR) is 78.0 cm³/mol. The molecule has 1 saturated carbocycles. The molecule has 3 aliphatic rings. The van der Waals surface area contributed by atoms with Crippen LogP contribution >= 0.6 is 0 Å². The van der Waals surface area contributed by atoms with Crippen LogP contribution in [-0.2, 0) is 4.74 Å². The summed E-state index contributed by atoms with van der Waals surface area (Å²) in [5.74, 6) is 2.00. The molecule has 2 saturated heterocycles. The smallest absolute Gasteiger partial charge is 0.0546 e. The number of hydrogen-bond acceptors (Lipinski definition) is 3. The van der Waals surface area contributed by atoms with Crippen molar-refractivity contribution in [2.24, 2.45) is 23.0 Å². The lowest BCUT2D eigenvalue weighted by molar-refractivity contribution is -0.0347. The fraction of sp³-hybridized carbons (Fsp3) is 1.00. The number of piperidine rings is 1. The highest BCUT2D eigenvalue weighted by Crippen LogP contribution is 2.37. The minimum absolute atomic E-state index is 0.250. The predicted octanol–water partition coefficient (Wildman–Crippen LogP) is 2.25. The summed E-state index contributed by atoms with van der Waals surface area (Å²) >= 11 is 0. The first-order chi connectivity index (χ1) is 9.31. The van der Waals surface area contributed by atoms with E-state index in [1.54, 1.807) is 0 Å². The SMILES string of the molecule is NCC1(CN2CCC3CCCCC3C2)CCCOC1. The molecule has 3 unspecified atom stereocenters. The molecule has 110 valence electrons. The van der Waals surface area contributed by atoms with Crippen LogP contribution in [-0.4, -0.2) is 44.3 Å². The van der Waals surface area contributed by atoms with Crippen molar-refractivity contribution in [3.63, 3.8) is 0 Å². The van der Waals surface area contributed by atoms with E-state index in [0.717, 1.165) is 31.6 Å². The first-order valence-electron chi connectivity index (χ1n) is 8.31. The molecule has 0 aromatic carbocycles. The third kappa shape index (κ3) is 3.14. The molecule has 1 aliphatic carbocycles. The zero-order chi connectivity index (χ0) is 13.1. The van der Waals surface area contributed by atoms with E-state index in [0.29, 0.717) is 0 Å². The van der Waals surface area contributed by atoms with Crippen molar-refractivity contribution in [2.45, 2.75) is 44.9 Å². The van der Waals surface area contributed by atoms with Crippen molar-refractivity contribution in [1.82, 2.24) is 4.90 Å². The Morgan fingerprint density at radius 2 is 1.95 bits per heavy atom. The highest BCUT2D eigenvalue weighted by molar-refractivity contribution is 4.90. The van der Waals surface area contributed by atoms with Gasteiger partial charge in [-0.2, -0.15) is 0 Å². The summed E-state index contributed by atoms with van der Waals surface area (Å²) in [5.41, 5.74) is 6.33. The molecule has 3 atom stereocenters. The van der Waals surface area contributed by atoms with Gasteiger partial charge in [-0.15, -0.1) is 0 Å². The highest BCUT2D eigenvalue weighted by Gasteiger charge is 2.37. The molecule has 0 spiro atoms. The third-order valence-corrected chi connectivity index (χ3v) is 5.77. The molecule has 19 heavy (non-hydrogen) atoms. The molecule has 3 nitrogen and oxygen atoms in total. The average Bonchev–Trinajstić information content (AvgIpc) is 2.48. The standard InChI is InChI=1S/C16H30N2O/c17-11-16(7-3-9-19-13-16)12-18-8-6-14-4-1-2-5-15(14)10-18/h14-15H,1-13,17H2. The van der Waals surface area contributed by atoms with Gasteiger partial charge in [0.15, 0.2) is 0 Å². The van der Waals surface area contributed by atoms with Gasteiger partial charge in [0, 0.05) is 31.7 Å². The Morgan fingerprint density at radius 3 is 2.68 bits per heavy atom. The van der Waals surface area contributed by atoms with E-state index < -0.39 is 0 Å². The fourth-order valence-electron chi connectivity index (χ4n) is 4.55. The molecule has 2 heterocycles. The number of ether oxygens (including phenoxy) is 1. The second-order valence-corrected chi connectivity index (χ2v) is 7.19. The monoisotopic (exact) mass is 266 g/mol. The van der Waals surface area contributed by atoms with Gasteiger partial charge in [0.25, 0.3) is 0 Å². The normalized spacial score (nSPS) is 40.9. The molecule has 3 fully saturated rings. The second kappa shape index (κ2) is 6.11. The molecule has 0 aromatic heterocycles. The van der Waals surface area contributed by atoms with Crippen LogP contribution in [0.1, 0.15) is 44.9 Å². The minimum atomic E-state index is 0.250. The molecule has 3 heteroatoms. The summed E-state index contributed by atoms with van der Waals surface area (Å²) in [6, 6.07) is 0. The van der Waals surface area contributed by atoms with Crippen molar-refractivity contribution >= 4 is 0 Å². The number of rotatable bonds is 3. The van der Waals surface area contributed by atoms with Crippen molar-refractivity contribution in [3.8, 4) is 0 Å². The maximum absolute atomic E-state index is 6.08. The molecule has 0 amide bonds. The van der Waals surface area contributed by atoms with E-state index in [2.05, 4.69) is 4.90 Å². The Hall–Kier alpha value is -0.120.